The third-order valence-electron chi connectivity index (χ3n) is 4.31. The number of hydrogen-bond donors (Lipinski definition) is 2. The summed E-state index contributed by atoms with van der Waals surface area (Å²) in [6.07, 6.45) is 2.80. The van der Waals surface area contributed by atoms with Crippen molar-refractivity contribution in [1.82, 2.24) is 15.5 Å². The summed E-state index contributed by atoms with van der Waals surface area (Å²) in [4.78, 5) is 18.4. The number of nitrogens with zero attached hydrogens (tertiary/aromatic N) is 2. The highest BCUT2D eigenvalue weighted by Crippen LogP contribution is 2.15. The molecule has 1 aromatic carbocycles. The molecule has 0 saturated carbocycles. The first-order valence-corrected chi connectivity index (χ1v) is 9.46. The maximum atomic E-state index is 11.8. The minimum Gasteiger partial charge on any atom is -0.357 e. The highest BCUT2D eigenvalue weighted by atomic mass is 127. The smallest absolute Gasteiger partial charge is 0.222 e. The van der Waals surface area contributed by atoms with Gasteiger partial charge in [0.25, 0.3) is 0 Å². The van der Waals surface area contributed by atoms with Crippen molar-refractivity contribution in [3.63, 3.8) is 0 Å². The van der Waals surface area contributed by atoms with Crippen LogP contribution in [0.1, 0.15) is 51.2 Å². The molecule has 5 nitrogen and oxygen atoms in total. The van der Waals surface area contributed by atoms with Crippen molar-refractivity contribution in [3.8, 4) is 0 Å². The van der Waals surface area contributed by atoms with Gasteiger partial charge < -0.3 is 15.5 Å². The van der Waals surface area contributed by atoms with E-state index in [2.05, 4.69) is 60.7 Å². The number of halogens is 1. The second-order valence-corrected chi connectivity index (χ2v) is 7.04. The number of carbonyl (C=O) groups is 1. The van der Waals surface area contributed by atoms with Gasteiger partial charge in [-0.25, -0.2) is 4.99 Å². The van der Waals surface area contributed by atoms with E-state index in [4.69, 9.17) is 0 Å². The summed E-state index contributed by atoms with van der Waals surface area (Å²) in [5.74, 6) is 1.82. The molecule has 0 radical (unpaired) electrons. The molecular weight excluding hydrogens is 439 g/mol. The Hall–Kier alpha value is -1.31. The fourth-order valence-electron chi connectivity index (χ4n) is 2.91. The van der Waals surface area contributed by atoms with Crippen molar-refractivity contribution < 1.29 is 4.79 Å². The summed E-state index contributed by atoms with van der Waals surface area (Å²) in [6, 6.07) is 8.40. The SMILES string of the molecule is CCNC(=NCc1cccc(CN2CCCC2=O)c1)NCCC(C)C.I. The van der Waals surface area contributed by atoms with Crippen molar-refractivity contribution in [1.29, 1.82) is 0 Å². The molecule has 0 atom stereocenters. The first kappa shape index (κ1) is 22.7. The van der Waals surface area contributed by atoms with Gasteiger partial charge >= 0.3 is 0 Å². The van der Waals surface area contributed by atoms with Gasteiger partial charge in [-0.05, 0) is 36.8 Å². The minimum atomic E-state index is 0. The van der Waals surface area contributed by atoms with Gasteiger partial charge in [0.1, 0.15) is 0 Å². The number of nitrogens with one attached hydrogen (secondary N) is 2. The Morgan fingerprint density at radius 1 is 1.27 bits per heavy atom. The number of amides is 1. The summed E-state index contributed by atoms with van der Waals surface area (Å²) < 4.78 is 0. The summed E-state index contributed by atoms with van der Waals surface area (Å²) in [6.45, 7) is 10.5. The Labute approximate surface area is 175 Å². The monoisotopic (exact) mass is 472 g/mol. The maximum Gasteiger partial charge on any atom is 0.222 e. The Bertz CT molecular complexity index is 589. The number of carbonyl (C=O) groups excluding carboxylic acids is 1. The Balaban J connectivity index is 0.00000338. The molecule has 2 N–H and O–H groups in total. The van der Waals surface area contributed by atoms with E-state index in [1.54, 1.807) is 0 Å². The molecule has 0 spiro atoms. The van der Waals surface area contributed by atoms with E-state index in [1.165, 1.54) is 11.1 Å². The summed E-state index contributed by atoms with van der Waals surface area (Å²) in [5.41, 5.74) is 2.35. The van der Waals surface area contributed by atoms with E-state index in [0.29, 0.717) is 25.4 Å². The van der Waals surface area contributed by atoms with Crippen molar-refractivity contribution in [2.75, 3.05) is 19.6 Å². The molecule has 1 fully saturated rings. The van der Waals surface area contributed by atoms with E-state index in [-0.39, 0.29) is 29.9 Å². The van der Waals surface area contributed by atoms with Crippen LogP contribution >= 0.6 is 24.0 Å². The van der Waals surface area contributed by atoms with E-state index < -0.39 is 0 Å². The minimum absolute atomic E-state index is 0. The standard InChI is InChI=1S/C20H32N4O.HI/c1-4-21-20(22-11-10-16(2)3)23-14-17-7-5-8-18(13-17)15-24-12-6-9-19(24)25;/h5,7-8,13,16H,4,6,9-12,14-15H2,1-3H3,(H2,21,22,23);1H. The zero-order valence-corrected chi connectivity index (χ0v) is 18.6. The maximum absolute atomic E-state index is 11.8. The van der Waals surface area contributed by atoms with Crippen LogP contribution in [0.5, 0.6) is 0 Å². The molecule has 1 saturated heterocycles. The summed E-state index contributed by atoms with van der Waals surface area (Å²) in [7, 11) is 0. The van der Waals surface area contributed by atoms with Crippen LogP contribution < -0.4 is 10.6 Å². The van der Waals surface area contributed by atoms with Gasteiger partial charge in [-0.3, -0.25) is 4.79 Å². The molecule has 0 bridgehead atoms. The number of likely N-dealkylation sites (tertiary alicyclic amines) is 1. The van der Waals surface area contributed by atoms with Gasteiger partial charge in [0.2, 0.25) is 5.91 Å². The molecule has 1 aromatic rings. The van der Waals surface area contributed by atoms with Crippen LogP contribution in [-0.4, -0.2) is 36.4 Å². The number of benzene rings is 1. The molecule has 6 heteroatoms. The normalized spacial score (nSPS) is 14.5. The predicted molar refractivity (Wildman–Crippen MR) is 119 cm³/mol. The number of rotatable bonds is 8. The molecule has 0 aliphatic carbocycles. The Morgan fingerprint density at radius 2 is 2.04 bits per heavy atom. The van der Waals surface area contributed by atoms with Crippen molar-refractivity contribution in [3.05, 3.63) is 35.4 Å². The van der Waals surface area contributed by atoms with Gasteiger partial charge in [0.15, 0.2) is 5.96 Å². The lowest BCUT2D eigenvalue weighted by Crippen LogP contribution is -2.38. The Morgan fingerprint density at radius 3 is 2.69 bits per heavy atom. The van der Waals surface area contributed by atoms with Crippen LogP contribution in [0.3, 0.4) is 0 Å². The molecule has 1 aliphatic heterocycles. The Kier molecular flexibility index (Phi) is 10.6. The van der Waals surface area contributed by atoms with E-state index >= 15 is 0 Å². The zero-order valence-electron chi connectivity index (χ0n) is 16.3. The molecule has 2 rings (SSSR count). The quantitative estimate of drug-likeness (QED) is 0.346. The largest absolute Gasteiger partial charge is 0.357 e. The van der Waals surface area contributed by atoms with E-state index in [0.717, 1.165) is 38.4 Å². The number of aliphatic imine (C=N–C) groups is 1. The average molecular weight is 472 g/mol. The average Bonchev–Trinajstić information content (AvgIpc) is 2.97. The predicted octanol–water partition coefficient (Wildman–Crippen LogP) is 3.53. The van der Waals surface area contributed by atoms with Crippen LogP contribution in [0.2, 0.25) is 0 Å². The summed E-state index contributed by atoms with van der Waals surface area (Å²) in [5, 5.41) is 6.68. The molecule has 1 amide bonds. The van der Waals surface area contributed by atoms with Gasteiger partial charge in [-0.1, -0.05) is 38.1 Å². The van der Waals surface area contributed by atoms with Gasteiger partial charge in [0, 0.05) is 32.6 Å². The highest BCUT2D eigenvalue weighted by molar-refractivity contribution is 14.0. The molecule has 1 aliphatic rings. The third-order valence-corrected chi connectivity index (χ3v) is 4.31. The van der Waals surface area contributed by atoms with Crippen molar-refractivity contribution in [2.24, 2.45) is 10.9 Å². The number of hydrogen-bond acceptors (Lipinski definition) is 2. The van der Waals surface area contributed by atoms with Gasteiger partial charge in [0.05, 0.1) is 6.54 Å². The first-order valence-electron chi connectivity index (χ1n) is 9.46. The van der Waals surface area contributed by atoms with E-state index in [1.807, 2.05) is 4.90 Å². The van der Waals surface area contributed by atoms with Crippen LogP contribution in [0, 0.1) is 5.92 Å². The van der Waals surface area contributed by atoms with Crippen molar-refractivity contribution in [2.45, 2.75) is 53.1 Å². The number of guanidine groups is 1. The first-order chi connectivity index (χ1) is 12.1. The molecule has 146 valence electrons. The van der Waals surface area contributed by atoms with Crippen molar-refractivity contribution >= 4 is 35.8 Å². The zero-order chi connectivity index (χ0) is 18.1. The van der Waals surface area contributed by atoms with Crippen LogP contribution in [0.4, 0.5) is 0 Å². The highest BCUT2D eigenvalue weighted by Gasteiger charge is 2.19. The van der Waals surface area contributed by atoms with Gasteiger partial charge in [-0.2, -0.15) is 0 Å². The molecule has 1 heterocycles. The van der Waals surface area contributed by atoms with Gasteiger partial charge in [-0.15, -0.1) is 24.0 Å². The second-order valence-electron chi connectivity index (χ2n) is 7.04. The third kappa shape index (κ3) is 7.93. The lowest BCUT2D eigenvalue weighted by Gasteiger charge is -2.16. The molecule has 26 heavy (non-hydrogen) atoms. The second kappa shape index (κ2) is 12.1. The lowest BCUT2D eigenvalue weighted by molar-refractivity contribution is -0.128. The molecular formula is C20H33IN4O. The van der Waals surface area contributed by atoms with E-state index in [9.17, 15) is 4.79 Å². The van der Waals surface area contributed by atoms with Crippen LogP contribution in [0.25, 0.3) is 0 Å². The van der Waals surface area contributed by atoms with Crippen LogP contribution in [-0.2, 0) is 17.9 Å². The van der Waals surface area contributed by atoms with Crippen LogP contribution in [0.15, 0.2) is 29.3 Å². The molecule has 0 aromatic heterocycles. The summed E-state index contributed by atoms with van der Waals surface area (Å²) >= 11 is 0. The fourth-order valence-corrected chi connectivity index (χ4v) is 2.91. The fraction of sp³-hybridized carbons (Fsp3) is 0.600. The lowest BCUT2D eigenvalue weighted by atomic mass is 10.1. The molecule has 0 unspecified atom stereocenters. The topological polar surface area (TPSA) is 56.7 Å².